The zero-order valence-corrected chi connectivity index (χ0v) is 12.9. The molecule has 0 saturated carbocycles. The van der Waals surface area contributed by atoms with Crippen LogP contribution in [-0.2, 0) is 6.42 Å². The van der Waals surface area contributed by atoms with Gasteiger partial charge < -0.3 is 5.32 Å². The Kier molecular flexibility index (Phi) is 6.52. The van der Waals surface area contributed by atoms with Gasteiger partial charge in [-0.05, 0) is 55.2 Å². The maximum absolute atomic E-state index is 13.7. The summed E-state index contributed by atoms with van der Waals surface area (Å²) in [5, 5.41) is 3.29. The van der Waals surface area contributed by atoms with Crippen LogP contribution in [0.2, 0.25) is 0 Å². The molecule has 96 valence electrons. The van der Waals surface area contributed by atoms with E-state index in [2.05, 4.69) is 34.4 Å². The fraction of sp³-hybridized carbons (Fsp3) is 0.538. The van der Waals surface area contributed by atoms with Gasteiger partial charge in [0.25, 0.3) is 0 Å². The Bertz CT molecular complexity index is 359. The fourth-order valence-electron chi connectivity index (χ4n) is 1.90. The zero-order valence-electron chi connectivity index (χ0n) is 10.5. The highest BCUT2D eigenvalue weighted by Gasteiger charge is 2.17. The van der Waals surface area contributed by atoms with E-state index in [0.29, 0.717) is 12.0 Å². The molecule has 0 heterocycles. The van der Waals surface area contributed by atoms with Crippen LogP contribution < -0.4 is 5.32 Å². The van der Waals surface area contributed by atoms with E-state index in [1.165, 1.54) is 6.07 Å². The van der Waals surface area contributed by atoms with Crippen molar-refractivity contribution in [3.8, 4) is 0 Å². The maximum atomic E-state index is 13.7. The van der Waals surface area contributed by atoms with Crippen LogP contribution in [0.1, 0.15) is 12.5 Å². The van der Waals surface area contributed by atoms with Crippen molar-refractivity contribution >= 4 is 27.7 Å². The number of rotatable bonds is 6. The second kappa shape index (κ2) is 7.39. The van der Waals surface area contributed by atoms with Crippen molar-refractivity contribution in [2.45, 2.75) is 19.4 Å². The molecule has 0 amide bonds. The van der Waals surface area contributed by atoms with Crippen LogP contribution in [0.3, 0.4) is 0 Å². The minimum atomic E-state index is -0.121. The average molecular weight is 320 g/mol. The lowest BCUT2D eigenvalue weighted by Gasteiger charge is -2.23. The van der Waals surface area contributed by atoms with Crippen molar-refractivity contribution in [2.24, 2.45) is 5.92 Å². The molecule has 1 rings (SSSR count). The molecule has 0 bridgehead atoms. The summed E-state index contributed by atoms with van der Waals surface area (Å²) in [5.41, 5.74) is 0.770. The summed E-state index contributed by atoms with van der Waals surface area (Å²) in [7, 11) is 1.94. The first-order valence-electron chi connectivity index (χ1n) is 5.68. The van der Waals surface area contributed by atoms with Gasteiger partial charge in [0, 0.05) is 10.5 Å². The molecule has 1 aromatic carbocycles. The van der Waals surface area contributed by atoms with Crippen molar-refractivity contribution in [3.05, 3.63) is 34.1 Å². The lowest BCUT2D eigenvalue weighted by atomic mass is 9.96. The standard InChI is InChI=1S/C13H19BrFNS/c1-9(8-17-3)13(16-2)7-10-6-11(14)4-5-12(10)15/h4-6,9,13,16H,7-8H2,1-3H3. The second-order valence-electron chi connectivity index (χ2n) is 4.27. The second-order valence-corrected chi connectivity index (χ2v) is 6.09. The lowest BCUT2D eigenvalue weighted by molar-refractivity contribution is 0.424. The molecule has 2 unspecified atom stereocenters. The first kappa shape index (κ1) is 15.0. The Hall–Kier alpha value is -0.0600. The molecule has 0 saturated heterocycles. The molecule has 0 fully saturated rings. The number of benzene rings is 1. The zero-order chi connectivity index (χ0) is 12.8. The summed E-state index contributed by atoms with van der Waals surface area (Å²) in [6.07, 6.45) is 2.83. The van der Waals surface area contributed by atoms with Gasteiger partial charge in [-0.1, -0.05) is 22.9 Å². The summed E-state index contributed by atoms with van der Waals surface area (Å²) in [4.78, 5) is 0. The largest absolute Gasteiger partial charge is 0.316 e. The molecule has 0 radical (unpaired) electrons. The Morgan fingerprint density at radius 3 is 2.76 bits per heavy atom. The summed E-state index contributed by atoms with van der Waals surface area (Å²) >= 11 is 5.21. The Morgan fingerprint density at radius 2 is 2.18 bits per heavy atom. The molecule has 0 aliphatic rings. The highest BCUT2D eigenvalue weighted by Crippen LogP contribution is 2.20. The van der Waals surface area contributed by atoms with E-state index in [-0.39, 0.29) is 5.82 Å². The maximum Gasteiger partial charge on any atom is 0.126 e. The molecule has 0 spiro atoms. The molecule has 0 aromatic heterocycles. The third-order valence-corrected chi connectivity index (χ3v) is 4.29. The predicted molar refractivity (Wildman–Crippen MR) is 78.2 cm³/mol. The molecule has 0 aliphatic carbocycles. The van der Waals surface area contributed by atoms with E-state index in [0.717, 1.165) is 22.2 Å². The monoisotopic (exact) mass is 319 g/mol. The quantitative estimate of drug-likeness (QED) is 0.857. The fourth-order valence-corrected chi connectivity index (χ4v) is 3.07. The van der Waals surface area contributed by atoms with Gasteiger partial charge in [0.2, 0.25) is 0 Å². The normalized spacial score (nSPS) is 14.6. The summed E-state index contributed by atoms with van der Waals surface area (Å²) in [6, 6.07) is 5.43. The van der Waals surface area contributed by atoms with Gasteiger partial charge in [0.15, 0.2) is 0 Å². The van der Waals surface area contributed by atoms with Gasteiger partial charge in [0.05, 0.1) is 0 Å². The minimum absolute atomic E-state index is 0.121. The van der Waals surface area contributed by atoms with Crippen LogP contribution in [-0.4, -0.2) is 25.1 Å². The number of halogens is 2. The van der Waals surface area contributed by atoms with Crippen LogP contribution in [0.5, 0.6) is 0 Å². The molecule has 4 heteroatoms. The van der Waals surface area contributed by atoms with Gasteiger partial charge in [-0.3, -0.25) is 0 Å². The Morgan fingerprint density at radius 1 is 1.47 bits per heavy atom. The highest BCUT2D eigenvalue weighted by atomic mass is 79.9. The van der Waals surface area contributed by atoms with Crippen molar-refractivity contribution in [3.63, 3.8) is 0 Å². The molecule has 1 aromatic rings. The van der Waals surface area contributed by atoms with Crippen LogP contribution in [0.4, 0.5) is 4.39 Å². The van der Waals surface area contributed by atoms with E-state index < -0.39 is 0 Å². The minimum Gasteiger partial charge on any atom is -0.316 e. The molecule has 17 heavy (non-hydrogen) atoms. The first-order chi connectivity index (χ1) is 8.08. The van der Waals surface area contributed by atoms with Crippen molar-refractivity contribution in [1.82, 2.24) is 5.32 Å². The number of thioether (sulfide) groups is 1. The van der Waals surface area contributed by atoms with E-state index in [9.17, 15) is 4.39 Å². The number of hydrogen-bond acceptors (Lipinski definition) is 2. The van der Waals surface area contributed by atoms with Crippen molar-refractivity contribution in [2.75, 3.05) is 19.1 Å². The SMILES string of the molecule is CNC(Cc1cc(Br)ccc1F)C(C)CSC. The van der Waals surface area contributed by atoms with Crippen LogP contribution in [0.15, 0.2) is 22.7 Å². The topological polar surface area (TPSA) is 12.0 Å². The van der Waals surface area contributed by atoms with E-state index in [4.69, 9.17) is 0 Å². The number of nitrogens with one attached hydrogen (secondary N) is 1. The third kappa shape index (κ3) is 4.60. The Balaban J connectivity index is 2.76. The van der Waals surface area contributed by atoms with E-state index in [1.54, 1.807) is 6.07 Å². The van der Waals surface area contributed by atoms with E-state index >= 15 is 0 Å². The van der Waals surface area contributed by atoms with Gasteiger partial charge in [0.1, 0.15) is 5.82 Å². The summed E-state index contributed by atoms with van der Waals surface area (Å²) < 4.78 is 14.6. The first-order valence-corrected chi connectivity index (χ1v) is 7.87. The molecular weight excluding hydrogens is 301 g/mol. The van der Waals surface area contributed by atoms with Crippen molar-refractivity contribution < 1.29 is 4.39 Å². The lowest BCUT2D eigenvalue weighted by Crippen LogP contribution is -2.35. The summed E-state index contributed by atoms with van der Waals surface area (Å²) in [5.74, 6) is 1.49. The highest BCUT2D eigenvalue weighted by molar-refractivity contribution is 9.10. The van der Waals surface area contributed by atoms with Crippen LogP contribution in [0.25, 0.3) is 0 Å². The van der Waals surface area contributed by atoms with Gasteiger partial charge in [-0.25, -0.2) is 4.39 Å². The summed E-state index contributed by atoms with van der Waals surface area (Å²) in [6.45, 7) is 2.20. The smallest absolute Gasteiger partial charge is 0.126 e. The molecule has 0 aliphatic heterocycles. The van der Waals surface area contributed by atoms with Gasteiger partial charge in [-0.2, -0.15) is 11.8 Å². The molecule has 2 atom stereocenters. The molecule has 1 N–H and O–H groups in total. The van der Waals surface area contributed by atoms with Crippen molar-refractivity contribution in [1.29, 1.82) is 0 Å². The molecular formula is C13H19BrFNS. The Labute approximate surface area is 116 Å². The van der Waals surface area contributed by atoms with E-state index in [1.807, 2.05) is 24.9 Å². The average Bonchev–Trinajstić information content (AvgIpc) is 2.30. The number of likely N-dealkylation sites (N-methyl/N-ethyl adjacent to an activating group) is 1. The molecule has 1 nitrogen and oxygen atoms in total. The third-order valence-electron chi connectivity index (χ3n) is 2.93. The van der Waals surface area contributed by atoms with Crippen LogP contribution in [0, 0.1) is 11.7 Å². The van der Waals surface area contributed by atoms with Gasteiger partial charge in [-0.15, -0.1) is 0 Å². The van der Waals surface area contributed by atoms with Gasteiger partial charge >= 0.3 is 0 Å². The predicted octanol–water partition coefficient (Wildman–Crippen LogP) is 3.72. The number of hydrogen-bond donors (Lipinski definition) is 1. The van der Waals surface area contributed by atoms with Crippen LogP contribution >= 0.6 is 27.7 Å².